The second-order valence-electron chi connectivity index (χ2n) is 4.98. The van der Waals surface area contributed by atoms with Crippen LogP contribution < -0.4 is 5.32 Å². The summed E-state index contributed by atoms with van der Waals surface area (Å²) in [6.45, 7) is 2.40. The molecule has 1 aromatic carbocycles. The number of fused-ring (bicyclic) bond motifs is 3. The summed E-state index contributed by atoms with van der Waals surface area (Å²) in [5.74, 6) is 0.924. The maximum Gasteiger partial charge on any atom is 0.231 e. The number of nitrogens with zero attached hydrogens (tertiary/aromatic N) is 3. The largest absolute Gasteiger partial charge is 0.383 e. The van der Waals surface area contributed by atoms with Gasteiger partial charge in [0.25, 0.3) is 0 Å². The number of carbonyl (C=O) groups is 1. The van der Waals surface area contributed by atoms with Crippen molar-refractivity contribution < 1.29 is 9.53 Å². The molecule has 8 heteroatoms. The zero-order valence-electron chi connectivity index (χ0n) is 12.4. The third kappa shape index (κ3) is 2.93. The standard InChI is InChI=1S/C14H17N5O2S/c1-9(7-21-2)15-12(20)8-22-14-18-17-13-16-10-5-3-4-6-11(10)19(13)14/h3-6,9H,7-8H2,1-2H3,(H,15,20)(H,16,17). The smallest absolute Gasteiger partial charge is 0.231 e. The van der Waals surface area contributed by atoms with Crippen LogP contribution in [0.25, 0.3) is 16.8 Å². The predicted molar refractivity (Wildman–Crippen MR) is 85.0 cm³/mol. The molecule has 0 aliphatic carbocycles. The fourth-order valence-electron chi connectivity index (χ4n) is 2.28. The third-order valence-corrected chi connectivity index (χ3v) is 4.10. The molecule has 1 atom stereocenters. The molecule has 7 nitrogen and oxygen atoms in total. The van der Waals surface area contributed by atoms with Gasteiger partial charge >= 0.3 is 0 Å². The van der Waals surface area contributed by atoms with Crippen molar-refractivity contribution in [1.29, 1.82) is 0 Å². The van der Waals surface area contributed by atoms with Crippen LogP contribution in [0.3, 0.4) is 0 Å². The van der Waals surface area contributed by atoms with E-state index in [0.29, 0.717) is 18.1 Å². The van der Waals surface area contributed by atoms with E-state index in [-0.39, 0.29) is 11.9 Å². The highest BCUT2D eigenvalue weighted by Gasteiger charge is 2.14. The van der Waals surface area contributed by atoms with E-state index >= 15 is 0 Å². The molecule has 1 unspecified atom stereocenters. The van der Waals surface area contributed by atoms with Gasteiger partial charge in [-0.15, -0.1) is 5.10 Å². The number of carbonyl (C=O) groups excluding carboxylic acids is 1. The van der Waals surface area contributed by atoms with Gasteiger partial charge in [0.1, 0.15) is 0 Å². The fraction of sp³-hybridized carbons (Fsp3) is 0.357. The van der Waals surface area contributed by atoms with Gasteiger partial charge in [0, 0.05) is 13.2 Å². The Labute approximate surface area is 131 Å². The third-order valence-electron chi connectivity index (χ3n) is 3.16. The minimum absolute atomic E-state index is 0.00798. The van der Waals surface area contributed by atoms with Gasteiger partial charge in [-0.1, -0.05) is 23.9 Å². The van der Waals surface area contributed by atoms with E-state index in [4.69, 9.17) is 4.74 Å². The topological polar surface area (TPSA) is 84.3 Å². The molecule has 0 saturated carbocycles. The van der Waals surface area contributed by atoms with Crippen LogP contribution in [0.1, 0.15) is 6.92 Å². The number of hydrogen-bond acceptors (Lipinski definition) is 5. The lowest BCUT2D eigenvalue weighted by Gasteiger charge is -2.11. The van der Waals surface area contributed by atoms with Crippen LogP contribution in [0.4, 0.5) is 0 Å². The van der Waals surface area contributed by atoms with Gasteiger partial charge in [-0.05, 0) is 19.1 Å². The van der Waals surface area contributed by atoms with Crippen molar-refractivity contribution in [2.24, 2.45) is 0 Å². The summed E-state index contributed by atoms with van der Waals surface area (Å²) >= 11 is 1.37. The lowest BCUT2D eigenvalue weighted by atomic mass is 10.3. The SMILES string of the molecule is COCC(C)NC(=O)CSc1n[nH]c2nc3ccccc3n12. The molecule has 2 aromatic heterocycles. The summed E-state index contributed by atoms with van der Waals surface area (Å²) < 4.78 is 6.92. The first kappa shape index (κ1) is 14.9. The zero-order chi connectivity index (χ0) is 15.5. The number of thioether (sulfide) groups is 1. The number of ether oxygens (including phenoxy) is 1. The maximum atomic E-state index is 11.9. The Hall–Kier alpha value is -2.06. The molecule has 2 heterocycles. The molecule has 3 aromatic rings. The minimum Gasteiger partial charge on any atom is -0.383 e. The van der Waals surface area contributed by atoms with Crippen molar-refractivity contribution >= 4 is 34.5 Å². The Kier molecular flexibility index (Phi) is 4.30. The Morgan fingerprint density at radius 1 is 1.50 bits per heavy atom. The Balaban J connectivity index is 1.73. The van der Waals surface area contributed by atoms with Crippen LogP contribution in [-0.2, 0) is 9.53 Å². The van der Waals surface area contributed by atoms with Crippen molar-refractivity contribution in [2.75, 3.05) is 19.5 Å². The van der Waals surface area contributed by atoms with Crippen LogP contribution in [0.15, 0.2) is 29.4 Å². The summed E-state index contributed by atoms with van der Waals surface area (Å²) in [5, 5.41) is 10.7. The monoisotopic (exact) mass is 319 g/mol. The molecular weight excluding hydrogens is 302 g/mol. The molecule has 0 saturated heterocycles. The second-order valence-corrected chi connectivity index (χ2v) is 5.92. The van der Waals surface area contributed by atoms with Crippen LogP contribution >= 0.6 is 11.8 Å². The molecule has 1 amide bonds. The molecule has 0 spiro atoms. The number of benzene rings is 1. The van der Waals surface area contributed by atoms with E-state index < -0.39 is 0 Å². The average molecular weight is 319 g/mol. The van der Waals surface area contributed by atoms with Crippen LogP contribution in [-0.4, -0.2) is 51.0 Å². The number of para-hydroxylation sites is 2. The Morgan fingerprint density at radius 2 is 2.32 bits per heavy atom. The summed E-state index contributed by atoms with van der Waals surface area (Å²) in [6.07, 6.45) is 0. The number of aromatic amines is 1. The molecule has 22 heavy (non-hydrogen) atoms. The van der Waals surface area contributed by atoms with Crippen molar-refractivity contribution in [3.63, 3.8) is 0 Å². The summed E-state index contributed by atoms with van der Waals surface area (Å²) in [5.41, 5.74) is 1.87. The van der Waals surface area contributed by atoms with Crippen molar-refractivity contribution in [2.45, 2.75) is 18.1 Å². The first-order valence-electron chi connectivity index (χ1n) is 6.91. The number of rotatable bonds is 6. The van der Waals surface area contributed by atoms with Crippen molar-refractivity contribution in [3.05, 3.63) is 24.3 Å². The van der Waals surface area contributed by atoms with Gasteiger partial charge < -0.3 is 10.1 Å². The molecular formula is C14H17N5O2S. The summed E-state index contributed by atoms with van der Waals surface area (Å²) in [7, 11) is 1.61. The van der Waals surface area contributed by atoms with Gasteiger partial charge in [0.15, 0.2) is 5.16 Å². The fourth-order valence-corrected chi connectivity index (χ4v) is 3.05. The predicted octanol–water partition coefficient (Wildman–Crippen LogP) is 1.45. The van der Waals surface area contributed by atoms with E-state index in [2.05, 4.69) is 20.5 Å². The van der Waals surface area contributed by atoms with E-state index in [9.17, 15) is 4.79 Å². The van der Waals surface area contributed by atoms with E-state index in [1.807, 2.05) is 35.6 Å². The van der Waals surface area contributed by atoms with Gasteiger partial charge in [-0.3, -0.25) is 9.20 Å². The lowest BCUT2D eigenvalue weighted by molar-refractivity contribution is -0.119. The highest BCUT2D eigenvalue weighted by atomic mass is 32.2. The van der Waals surface area contributed by atoms with Crippen LogP contribution in [0, 0.1) is 0 Å². The second kappa shape index (κ2) is 6.37. The first-order valence-corrected chi connectivity index (χ1v) is 7.90. The van der Waals surface area contributed by atoms with Gasteiger partial charge in [0.2, 0.25) is 11.7 Å². The molecule has 2 N–H and O–H groups in total. The Morgan fingerprint density at radius 3 is 3.14 bits per heavy atom. The van der Waals surface area contributed by atoms with E-state index in [0.717, 1.165) is 16.2 Å². The highest BCUT2D eigenvalue weighted by Crippen LogP contribution is 2.22. The normalized spacial score (nSPS) is 12.8. The number of hydrogen-bond donors (Lipinski definition) is 2. The molecule has 0 bridgehead atoms. The first-order chi connectivity index (χ1) is 10.7. The number of methoxy groups -OCH3 is 1. The highest BCUT2D eigenvalue weighted by molar-refractivity contribution is 7.99. The van der Waals surface area contributed by atoms with Crippen LogP contribution in [0.2, 0.25) is 0 Å². The quantitative estimate of drug-likeness (QED) is 0.672. The number of H-pyrrole nitrogens is 1. The molecule has 3 rings (SSSR count). The lowest BCUT2D eigenvalue weighted by Crippen LogP contribution is -2.36. The number of nitrogens with one attached hydrogen (secondary N) is 2. The Bertz CT molecular complexity index is 797. The van der Waals surface area contributed by atoms with Crippen LogP contribution in [0.5, 0.6) is 0 Å². The van der Waals surface area contributed by atoms with E-state index in [1.54, 1.807) is 7.11 Å². The molecule has 0 aliphatic heterocycles. The van der Waals surface area contributed by atoms with Gasteiger partial charge in [-0.2, -0.15) is 0 Å². The number of amides is 1. The zero-order valence-corrected chi connectivity index (χ0v) is 13.2. The maximum absolute atomic E-state index is 11.9. The number of aromatic nitrogens is 4. The number of imidazole rings is 1. The molecule has 0 fully saturated rings. The summed E-state index contributed by atoms with van der Waals surface area (Å²) in [4.78, 5) is 16.4. The molecule has 0 radical (unpaired) electrons. The van der Waals surface area contributed by atoms with E-state index in [1.165, 1.54) is 11.8 Å². The molecule has 116 valence electrons. The summed E-state index contributed by atoms with van der Waals surface area (Å²) in [6, 6.07) is 7.82. The van der Waals surface area contributed by atoms with Gasteiger partial charge in [0.05, 0.1) is 23.4 Å². The van der Waals surface area contributed by atoms with Crippen molar-refractivity contribution in [3.8, 4) is 0 Å². The van der Waals surface area contributed by atoms with Crippen molar-refractivity contribution in [1.82, 2.24) is 24.9 Å². The minimum atomic E-state index is -0.0462. The average Bonchev–Trinajstić information content (AvgIpc) is 3.04. The van der Waals surface area contributed by atoms with Gasteiger partial charge in [-0.25, -0.2) is 10.1 Å². The molecule has 0 aliphatic rings.